The summed E-state index contributed by atoms with van der Waals surface area (Å²) in [7, 11) is 0. The standard InChI is InChI=1S/C9H11ClN2O2S/c1-5-4-15-8(7(5)10)9(14)12-3-2-6(11)13/h4H,2-3H2,1H3,(H2,11,13)(H,12,14). The van der Waals surface area contributed by atoms with Crippen molar-refractivity contribution < 1.29 is 9.59 Å². The first-order valence-corrected chi connectivity index (χ1v) is 5.58. The number of thiophene rings is 1. The fourth-order valence-electron chi connectivity index (χ4n) is 0.963. The Morgan fingerprint density at radius 3 is 2.73 bits per heavy atom. The van der Waals surface area contributed by atoms with E-state index in [2.05, 4.69) is 5.32 Å². The first kappa shape index (κ1) is 12.0. The van der Waals surface area contributed by atoms with Crippen molar-refractivity contribution in [2.75, 3.05) is 6.54 Å². The molecule has 0 saturated heterocycles. The number of hydrogen-bond acceptors (Lipinski definition) is 3. The number of rotatable bonds is 4. The summed E-state index contributed by atoms with van der Waals surface area (Å²) < 4.78 is 0. The number of primary amides is 1. The van der Waals surface area contributed by atoms with Crippen molar-refractivity contribution in [2.45, 2.75) is 13.3 Å². The van der Waals surface area contributed by atoms with Crippen LogP contribution in [0.2, 0.25) is 5.02 Å². The third kappa shape index (κ3) is 3.21. The molecule has 0 saturated carbocycles. The average molecular weight is 247 g/mol. The Hall–Kier alpha value is -1.07. The highest BCUT2D eigenvalue weighted by Crippen LogP contribution is 2.26. The van der Waals surface area contributed by atoms with Gasteiger partial charge in [0, 0.05) is 13.0 Å². The SMILES string of the molecule is Cc1csc(C(=O)NCCC(N)=O)c1Cl. The number of hydrogen-bond donors (Lipinski definition) is 2. The molecule has 0 aliphatic heterocycles. The van der Waals surface area contributed by atoms with Crippen LogP contribution in [0.4, 0.5) is 0 Å². The van der Waals surface area contributed by atoms with Crippen LogP contribution < -0.4 is 11.1 Å². The van der Waals surface area contributed by atoms with E-state index in [1.54, 1.807) is 0 Å². The van der Waals surface area contributed by atoms with Crippen molar-refractivity contribution in [3.05, 3.63) is 20.8 Å². The van der Waals surface area contributed by atoms with Crippen LogP contribution in [0.25, 0.3) is 0 Å². The second kappa shape index (κ2) is 5.14. The van der Waals surface area contributed by atoms with Gasteiger partial charge in [-0.25, -0.2) is 0 Å². The number of carbonyl (C=O) groups is 2. The summed E-state index contributed by atoms with van der Waals surface area (Å²) in [4.78, 5) is 22.4. The van der Waals surface area contributed by atoms with E-state index in [0.29, 0.717) is 9.90 Å². The predicted molar refractivity (Wildman–Crippen MR) is 60.2 cm³/mol. The quantitative estimate of drug-likeness (QED) is 0.841. The molecule has 15 heavy (non-hydrogen) atoms. The molecule has 1 aromatic heterocycles. The molecule has 0 fully saturated rings. The van der Waals surface area contributed by atoms with Crippen molar-refractivity contribution >= 4 is 34.8 Å². The van der Waals surface area contributed by atoms with Crippen LogP contribution in [0.5, 0.6) is 0 Å². The summed E-state index contributed by atoms with van der Waals surface area (Å²) >= 11 is 7.19. The molecule has 0 unspecified atom stereocenters. The molecule has 82 valence electrons. The molecule has 0 spiro atoms. The summed E-state index contributed by atoms with van der Waals surface area (Å²) in [5.74, 6) is -0.705. The van der Waals surface area contributed by atoms with Gasteiger partial charge < -0.3 is 11.1 Å². The normalized spacial score (nSPS) is 10.0. The van der Waals surface area contributed by atoms with Gasteiger partial charge in [-0.1, -0.05) is 11.6 Å². The van der Waals surface area contributed by atoms with Crippen molar-refractivity contribution in [1.29, 1.82) is 0 Å². The van der Waals surface area contributed by atoms with E-state index in [0.717, 1.165) is 5.56 Å². The molecular weight excluding hydrogens is 236 g/mol. The van der Waals surface area contributed by atoms with Crippen LogP contribution >= 0.6 is 22.9 Å². The number of nitrogens with two attached hydrogens (primary N) is 1. The topological polar surface area (TPSA) is 72.2 Å². The lowest BCUT2D eigenvalue weighted by Crippen LogP contribution is -2.27. The van der Waals surface area contributed by atoms with Gasteiger partial charge in [-0.05, 0) is 17.9 Å². The molecule has 0 aliphatic rings. The zero-order chi connectivity index (χ0) is 11.4. The summed E-state index contributed by atoms with van der Waals surface area (Å²) in [5.41, 5.74) is 5.81. The fraction of sp³-hybridized carbons (Fsp3) is 0.333. The van der Waals surface area contributed by atoms with Crippen molar-refractivity contribution in [1.82, 2.24) is 5.32 Å². The molecule has 6 heteroatoms. The second-order valence-electron chi connectivity index (χ2n) is 3.03. The largest absolute Gasteiger partial charge is 0.370 e. The maximum atomic E-state index is 11.5. The summed E-state index contributed by atoms with van der Waals surface area (Å²) in [6.07, 6.45) is 0.133. The number of aryl methyl sites for hydroxylation is 1. The zero-order valence-electron chi connectivity index (χ0n) is 8.17. The van der Waals surface area contributed by atoms with E-state index in [-0.39, 0.29) is 18.9 Å². The summed E-state index contributed by atoms with van der Waals surface area (Å²) in [6.45, 7) is 2.07. The smallest absolute Gasteiger partial charge is 0.262 e. The van der Waals surface area contributed by atoms with Gasteiger partial charge >= 0.3 is 0 Å². The van der Waals surface area contributed by atoms with E-state index < -0.39 is 5.91 Å². The van der Waals surface area contributed by atoms with Crippen molar-refractivity contribution in [3.8, 4) is 0 Å². The Labute approximate surface area is 96.4 Å². The molecule has 0 aromatic carbocycles. The van der Waals surface area contributed by atoms with Crippen LogP contribution in [0.3, 0.4) is 0 Å². The lowest BCUT2D eigenvalue weighted by Gasteiger charge is -2.01. The molecule has 0 radical (unpaired) electrons. The molecular formula is C9H11ClN2O2S. The maximum Gasteiger partial charge on any atom is 0.262 e. The van der Waals surface area contributed by atoms with Gasteiger partial charge in [0.25, 0.3) is 5.91 Å². The first-order valence-electron chi connectivity index (χ1n) is 4.32. The van der Waals surface area contributed by atoms with Crippen LogP contribution in [0.15, 0.2) is 5.38 Å². The second-order valence-corrected chi connectivity index (χ2v) is 4.29. The lowest BCUT2D eigenvalue weighted by molar-refractivity contribution is -0.117. The minimum atomic E-state index is -0.441. The Balaban J connectivity index is 2.54. The predicted octanol–water partition coefficient (Wildman–Crippen LogP) is 1.32. The first-order chi connectivity index (χ1) is 7.02. The number of amides is 2. The third-order valence-corrected chi connectivity index (χ3v) is 3.46. The average Bonchev–Trinajstić information content (AvgIpc) is 2.47. The molecule has 1 rings (SSSR count). The number of halogens is 1. The molecule has 0 atom stereocenters. The monoisotopic (exact) mass is 246 g/mol. The minimum absolute atomic E-state index is 0.133. The summed E-state index contributed by atoms with van der Waals surface area (Å²) in [5, 5.41) is 4.85. The van der Waals surface area contributed by atoms with Gasteiger partial charge in [-0.2, -0.15) is 0 Å². The van der Waals surface area contributed by atoms with Crippen LogP contribution in [0.1, 0.15) is 21.7 Å². The van der Waals surface area contributed by atoms with Gasteiger partial charge in [0.05, 0.1) is 5.02 Å². The number of nitrogens with one attached hydrogen (secondary N) is 1. The molecule has 1 heterocycles. The molecule has 3 N–H and O–H groups in total. The maximum absolute atomic E-state index is 11.5. The van der Waals surface area contributed by atoms with E-state index in [1.165, 1.54) is 11.3 Å². The third-order valence-electron chi connectivity index (χ3n) is 1.76. The molecule has 2 amide bonds. The van der Waals surface area contributed by atoms with Crippen LogP contribution in [0, 0.1) is 6.92 Å². The van der Waals surface area contributed by atoms with Gasteiger partial charge in [0.1, 0.15) is 4.88 Å². The molecule has 0 bridgehead atoms. The van der Waals surface area contributed by atoms with E-state index in [4.69, 9.17) is 17.3 Å². The summed E-state index contributed by atoms with van der Waals surface area (Å²) in [6, 6.07) is 0. The Morgan fingerprint density at radius 2 is 2.27 bits per heavy atom. The van der Waals surface area contributed by atoms with E-state index in [1.807, 2.05) is 12.3 Å². The molecule has 1 aromatic rings. The highest BCUT2D eigenvalue weighted by Gasteiger charge is 2.13. The Morgan fingerprint density at radius 1 is 1.60 bits per heavy atom. The molecule has 4 nitrogen and oxygen atoms in total. The Kier molecular flexibility index (Phi) is 4.11. The van der Waals surface area contributed by atoms with E-state index in [9.17, 15) is 9.59 Å². The van der Waals surface area contributed by atoms with Crippen LogP contribution in [-0.2, 0) is 4.79 Å². The van der Waals surface area contributed by atoms with Crippen LogP contribution in [-0.4, -0.2) is 18.4 Å². The van der Waals surface area contributed by atoms with Gasteiger partial charge in [-0.15, -0.1) is 11.3 Å². The number of carbonyl (C=O) groups excluding carboxylic acids is 2. The van der Waals surface area contributed by atoms with Gasteiger partial charge in [0.15, 0.2) is 0 Å². The van der Waals surface area contributed by atoms with Gasteiger partial charge in [0.2, 0.25) is 5.91 Å². The zero-order valence-corrected chi connectivity index (χ0v) is 9.74. The lowest BCUT2D eigenvalue weighted by atomic mass is 10.3. The molecule has 0 aliphatic carbocycles. The Bertz CT molecular complexity index is 389. The van der Waals surface area contributed by atoms with Crippen molar-refractivity contribution in [3.63, 3.8) is 0 Å². The minimum Gasteiger partial charge on any atom is -0.370 e. The van der Waals surface area contributed by atoms with E-state index >= 15 is 0 Å². The highest BCUT2D eigenvalue weighted by atomic mass is 35.5. The van der Waals surface area contributed by atoms with Gasteiger partial charge in [-0.3, -0.25) is 9.59 Å². The van der Waals surface area contributed by atoms with Crippen molar-refractivity contribution in [2.24, 2.45) is 5.73 Å². The fourth-order valence-corrected chi connectivity index (χ4v) is 2.16. The highest BCUT2D eigenvalue weighted by molar-refractivity contribution is 7.13.